The topological polar surface area (TPSA) is 37.6 Å². The second-order valence-corrected chi connectivity index (χ2v) is 4.41. The normalized spacial score (nSPS) is 12.6. The molecule has 0 amide bonds. The average molecular weight is 245 g/mol. The number of carbonyl (C=O) groups is 1. The van der Waals surface area contributed by atoms with Crippen molar-refractivity contribution in [2.75, 3.05) is 11.4 Å². The third kappa shape index (κ3) is 1.98. The molecule has 0 bridgehead atoms. The van der Waals surface area contributed by atoms with E-state index in [0.717, 1.165) is 30.7 Å². The lowest BCUT2D eigenvalue weighted by molar-refractivity contribution is 0.111. The fourth-order valence-electron chi connectivity index (χ4n) is 2.21. The molecule has 2 aromatic rings. The number of aromatic nitrogens is 2. The van der Waals surface area contributed by atoms with Crippen molar-refractivity contribution in [2.45, 2.75) is 33.2 Å². The summed E-state index contributed by atoms with van der Waals surface area (Å²) in [5, 5.41) is 0. The van der Waals surface area contributed by atoms with Gasteiger partial charge in [0, 0.05) is 18.8 Å². The number of anilines is 1. The van der Waals surface area contributed by atoms with Crippen molar-refractivity contribution in [1.82, 2.24) is 9.38 Å². The van der Waals surface area contributed by atoms with Gasteiger partial charge in [-0.1, -0.05) is 13.0 Å². The summed E-state index contributed by atoms with van der Waals surface area (Å²) in [4.78, 5) is 18.1. The van der Waals surface area contributed by atoms with E-state index >= 15 is 0 Å². The summed E-state index contributed by atoms with van der Waals surface area (Å²) in [6.45, 7) is 7.23. The molecule has 0 aliphatic rings. The predicted molar refractivity (Wildman–Crippen MR) is 73.4 cm³/mol. The molecule has 2 aromatic heterocycles. The summed E-state index contributed by atoms with van der Waals surface area (Å²) >= 11 is 0. The molecule has 0 saturated heterocycles. The Labute approximate surface area is 107 Å². The molecule has 0 aromatic carbocycles. The van der Waals surface area contributed by atoms with Crippen LogP contribution in [0.2, 0.25) is 0 Å². The van der Waals surface area contributed by atoms with Crippen LogP contribution >= 0.6 is 0 Å². The largest absolute Gasteiger partial charge is 0.352 e. The van der Waals surface area contributed by atoms with Crippen LogP contribution in [0.3, 0.4) is 0 Å². The quantitative estimate of drug-likeness (QED) is 0.760. The van der Waals surface area contributed by atoms with Gasteiger partial charge in [-0.05, 0) is 32.4 Å². The maximum atomic E-state index is 11.3. The minimum absolute atomic E-state index is 0.374. The first-order chi connectivity index (χ1) is 8.72. The molecule has 0 aliphatic carbocycles. The Bertz CT molecular complexity index is 547. The number of hydrogen-bond donors (Lipinski definition) is 0. The molecule has 0 saturated carbocycles. The number of hydrogen-bond acceptors (Lipinski definition) is 3. The zero-order valence-corrected chi connectivity index (χ0v) is 11.1. The molecular formula is C14H19N3O. The average Bonchev–Trinajstić information content (AvgIpc) is 2.77. The first-order valence-electron chi connectivity index (χ1n) is 6.41. The van der Waals surface area contributed by atoms with E-state index in [2.05, 4.69) is 30.7 Å². The zero-order chi connectivity index (χ0) is 13.1. The van der Waals surface area contributed by atoms with Gasteiger partial charge in [-0.2, -0.15) is 0 Å². The van der Waals surface area contributed by atoms with Crippen LogP contribution in [0, 0.1) is 0 Å². The number of carbonyl (C=O) groups excluding carboxylic acids is 1. The molecule has 0 N–H and O–H groups in total. The van der Waals surface area contributed by atoms with Gasteiger partial charge < -0.3 is 4.90 Å². The van der Waals surface area contributed by atoms with Gasteiger partial charge in [-0.25, -0.2) is 4.98 Å². The van der Waals surface area contributed by atoms with Gasteiger partial charge in [0.1, 0.15) is 11.3 Å². The summed E-state index contributed by atoms with van der Waals surface area (Å²) < 4.78 is 1.84. The molecule has 0 radical (unpaired) electrons. The van der Waals surface area contributed by atoms with Crippen LogP contribution < -0.4 is 4.90 Å². The molecule has 4 nitrogen and oxygen atoms in total. The Morgan fingerprint density at radius 3 is 2.83 bits per heavy atom. The predicted octanol–water partition coefficient (Wildman–Crippen LogP) is 2.77. The minimum Gasteiger partial charge on any atom is -0.352 e. The molecule has 2 heterocycles. The van der Waals surface area contributed by atoms with Gasteiger partial charge >= 0.3 is 0 Å². The van der Waals surface area contributed by atoms with Gasteiger partial charge in [0.25, 0.3) is 0 Å². The number of rotatable bonds is 5. The van der Waals surface area contributed by atoms with Crippen molar-refractivity contribution in [2.24, 2.45) is 0 Å². The molecule has 96 valence electrons. The van der Waals surface area contributed by atoms with Crippen LogP contribution in [0.1, 0.15) is 37.7 Å². The van der Waals surface area contributed by atoms with Gasteiger partial charge in [0.2, 0.25) is 0 Å². The maximum absolute atomic E-state index is 11.3. The highest BCUT2D eigenvalue weighted by Gasteiger charge is 2.19. The van der Waals surface area contributed by atoms with Crippen LogP contribution in [-0.4, -0.2) is 28.3 Å². The third-order valence-corrected chi connectivity index (χ3v) is 3.39. The van der Waals surface area contributed by atoms with Crippen molar-refractivity contribution in [3.05, 3.63) is 30.1 Å². The molecule has 0 fully saturated rings. The highest BCUT2D eigenvalue weighted by atomic mass is 16.1. The molecule has 0 spiro atoms. The van der Waals surface area contributed by atoms with E-state index in [4.69, 9.17) is 0 Å². The number of fused-ring (bicyclic) bond motifs is 1. The lowest BCUT2D eigenvalue weighted by Crippen LogP contribution is -2.33. The van der Waals surface area contributed by atoms with Gasteiger partial charge in [-0.15, -0.1) is 0 Å². The Morgan fingerprint density at radius 1 is 1.44 bits per heavy atom. The van der Waals surface area contributed by atoms with E-state index in [1.54, 1.807) is 0 Å². The van der Waals surface area contributed by atoms with E-state index in [1.165, 1.54) is 0 Å². The smallest absolute Gasteiger partial charge is 0.170 e. The first-order valence-corrected chi connectivity index (χ1v) is 6.41. The number of pyridine rings is 1. The standard InChI is InChI=1S/C14H19N3O/c1-4-11(3)16(5-2)14-12(10-18)17-9-7-6-8-13(17)15-14/h6-11H,4-5H2,1-3H3. The molecule has 1 unspecified atom stereocenters. The van der Waals surface area contributed by atoms with E-state index in [-0.39, 0.29) is 0 Å². The highest BCUT2D eigenvalue weighted by Crippen LogP contribution is 2.22. The molecule has 2 rings (SSSR count). The summed E-state index contributed by atoms with van der Waals surface area (Å²) in [5.41, 5.74) is 1.45. The molecule has 1 atom stereocenters. The third-order valence-electron chi connectivity index (χ3n) is 3.39. The van der Waals surface area contributed by atoms with Gasteiger partial charge in [0.05, 0.1) is 0 Å². The first kappa shape index (κ1) is 12.6. The second-order valence-electron chi connectivity index (χ2n) is 4.41. The van der Waals surface area contributed by atoms with Crippen LogP contribution in [0.5, 0.6) is 0 Å². The van der Waals surface area contributed by atoms with E-state index in [0.29, 0.717) is 11.7 Å². The van der Waals surface area contributed by atoms with Crippen LogP contribution in [-0.2, 0) is 0 Å². The van der Waals surface area contributed by atoms with Crippen molar-refractivity contribution in [3.8, 4) is 0 Å². The Balaban J connectivity index is 2.58. The van der Waals surface area contributed by atoms with Crippen LogP contribution in [0.4, 0.5) is 5.82 Å². The molecule has 4 heteroatoms. The lowest BCUT2D eigenvalue weighted by atomic mass is 10.2. The minimum atomic E-state index is 0.374. The number of nitrogens with zero attached hydrogens (tertiary/aromatic N) is 3. The summed E-state index contributed by atoms with van der Waals surface area (Å²) in [7, 11) is 0. The zero-order valence-electron chi connectivity index (χ0n) is 11.1. The Kier molecular flexibility index (Phi) is 3.65. The Hall–Kier alpha value is -1.84. The summed E-state index contributed by atoms with van der Waals surface area (Å²) in [6, 6.07) is 6.13. The van der Waals surface area contributed by atoms with Crippen LogP contribution in [0.25, 0.3) is 5.65 Å². The number of imidazole rings is 1. The van der Waals surface area contributed by atoms with E-state index in [1.807, 2.05) is 28.8 Å². The van der Waals surface area contributed by atoms with Crippen molar-refractivity contribution in [1.29, 1.82) is 0 Å². The number of aldehydes is 1. The summed E-state index contributed by atoms with van der Waals surface area (Å²) in [6.07, 6.45) is 3.79. The molecule has 18 heavy (non-hydrogen) atoms. The fraction of sp³-hybridized carbons (Fsp3) is 0.429. The van der Waals surface area contributed by atoms with Crippen molar-refractivity contribution < 1.29 is 4.79 Å². The molecule has 0 aliphatic heterocycles. The fourth-order valence-corrected chi connectivity index (χ4v) is 2.21. The maximum Gasteiger partial charge on any atom is 0.170 e. The Morgan fingerprint density at radius 2 is 2.22 bits per heavy atom. The SMILES string of the molecule is CCC(C)N(CC)c1nc2ccccn2c1C=O. The van der Waals surface area contributed by atoms with E-state index < -0.39 is 0 Å². The highest BCUT2D eigenvalue weighted by molar-refractivity contribution is 5.83. The van der Waals surface area contributed by atoms with Gasteiger partial charge in [0.15, 0.2) is 12.1 Å². The lowest BCUT2D eigenvalue weighted by Gasteiger charge is -2.27. The van der Waals surface area contributed by atoms with Crippen molar-refractivity contribution >= 4 is 17.8 Å². The van der Waals surface area contributed by atoms with Crippen molar-refractivity contribution in [3.63, 3.8) is 0 Å². The van der Waals surface area contributed by atoms with Crippen LogP contribution in [0.15, 0.2) is 24.4 Å². The monoisotopic (exact) mass is 245 g/mol. The summed E-state index contributed by atoms with van der Waals surface area (Å²) in [5.74, 6) is 0.785. The van der Waals surface area contributed by atoms with E-state index in [9.17, 15) is 4.79 Å². The second kappa shape index (κ2) is 5.21. The van der Waals surface area contributed by atoms with Gasteiger partial charge in [-0.3, -0.25) is 9.20 Å². The molecular weight excluding hydrogens is 226 g/mol.